The summed E-state index contributed by atoms with van der Waals surface area (Å²) >= 11 is 0. The largest absolute Gasteiger partial charge is 0.418 e. The van der Waals surface area contributed by atoms with Gasteiger partial charge in [-0.1, -0.05) is 30.3 Å². The number of nitrogens with one attached hydrogen (secondary N) is 1. The molecule has 0 aliphatic carbocycles. The first kappa shape index (κ1) is 19.4. The van der Waals surface area contributed by atoms with Gasteiger partial charge in [0.25, 0.3) is 5.91 Å². The van der Waals surface area contributed by atoms with Crippen LogP contribution in [0, 0.1) is 0 Å². The number of halogens is 3. The number of carbonyl (C=O) groups excluding carboxylic acids is 1. The molecule has 0 radical (unpaired) electrons. The van der Waals surface area contributed by atoms with Crippen LogP contribution in [0.1, 0.15) is 22.8 Å². The Morgan fingerprint density at radius 1 is 1.04 bits per heavy atom. The molecular weight excluding hydrogens is 367 g/mol. The highest BCUT2D eigenvalue weighted by Crippen LogP contribution is 2.35. The zero-order valence-electron chi connectivity index (χ0n) is 15.1. The van der Waals surface area contributed by atoms with Crippen LogP contribution < -0.4 is 10.2 Å². The van der Waals surface area contributed by atoms with Crippen molar-refractivity contribution >= 4 is 23.0 Å². The first-order valence-electron chi connectivity index (χ1n) is 8.65. The minimum Gasteiger partial charge on any atom is -0.354 e. The Bertz CT molecular complexity index is 958. The fourth-order valence-electron chi connectivity index (χ4n) is 2.83. The Hall–Kier alpha value is -3.35. The van der Waals surface area contributed by atoms with Crippen LogP contribution in [0.2, 0.25) is 0 Å². The lowest BCUT2D eigenvalue weighted by molar-refractivity contribution is -0.136. The van der Waals surface area contributed by atoms with Crippen molar-refractivity contribution in [2.75, 3.05) is 16.8 Å². The van der Waals surface area contributed by atoms with Crippen molar-refractivity contribution in [1.82, 2.24) is 4.98 Å². The number of aromatic nitrogens is 1. The normalized spacial score (nSPS) is 11.1. The third kappa shape index (κ3) is 4.31. The van der Waals surface area contributed by atoms with Crippen molar-refractivity contribution in [2.45, 2.75) is 13.1 Å². The summed E-state index contributed by atoms with van der Waals surface area (Å²) in [4.78, 5) is 18.5. The standard InChI is InChI=1S/C21H18F3N3O/c1-2-27(17-8-4-3-5-9-17)20(28)15-12-16(14-25-13-15)26-19-11-7-6-10-18(19)21(22,23)24/h3-14,26H,2H2,1H3. The number of amides is 1. The van der Waals surface area contributed by atoms with Crippen LogP contribution in [0.25, 0.3) is 0 Å². The van der Waals surface area contributed by atoms with E-state index in [-0.39, 0.29) is 17.2 Å². The summed E-state index contributed by atoms with van der Waals surface area (Å²) in [6.45, 7) is 2.29. The van der Waals surface area contributed by atoms with Crippen molar-refractivity contribution in [3.05, 3.63) is 84.2 Å². The molecule has 1 amide bonds. The van der Waals surface area contributed by atoms with Crippen LogP contribution in [0.3, 0.4) is 0 Å². The van der Waals surface area contributed by atoms with E-state index in [1.54, 1.807) is 4.90 Å². The molecule has 144 valence electrons. The molecule has 0 saturated heterocycles. The van der Waals surface area contributed by atoms with Gasteiger partial charge in [-0.2, -0.15) is 13.2 Å². The van der Waals surface area contributed by atoms with Crippen LogP contribution in [0.5, 0.6) is 0 Å². The Balaban J connectivity index is 1.88. The number of rotatable bonds is 5. The lowest BCUT2D eigenvalue weighted by Gasteiger charge is -2.21. The van der Waals surface area contributed by atoms with Gasteiger partial charge in [0.15, 0.2) is 0 Å². The lowest BCUT2D eigenvalue weighted by Crippen LogP contribution is -2.30. The van der Waals surface area contributed by atoms with Gasteiger partial charge in [0.1, 0.15) is 0 Å². The molecule has 0 bridgehead atoms. The summed E-state index contributed by atoms with van der Waals surface area (Å²) in [6, 6.07) is 15.8. The number of benzene rings is 2. The fourth-order valence-corrected chi connectivity index (χ4v) is 2.83. The molecule has 7 heteroatoms. The molecule has 28 heavy (non-hydrogen) atoms. The maximum Gasteiger partial charge on any atom is 0.418 e. The highest BCUT2D eigenvalue weighted by atomic mass is 19.4. The first-order valence-corrected chi connectivity index (χ1v) is 8.65. The van der Waals surface area contributed by atoms with E-state index in [0.717, 1.165) is 11.8 Å². The van der Waals surface area contributed by atoms with E-state index in [1.807, 2.05) is 37.3 Å². The Kier molecular flexibility index (Phi) is 5.63. The molecule has 0 spiro atoms. The van der Waals surface area contributed by atoms with Crippen molar-refractivity contribution in [2.24, 2.45) is 0 Å². The van der Waals surface area contributed by atoms with E-state index >= 15 is 0 Å². The molecule has 0 saturated carbocycles. The number of nitrogens with zero attached hydrogens (tertiary/aromatic N) is 2. The zero-order valence-corrected chi connectivity index (χ0v) is 15.1. The number of anilines is 3. The van der Waals surface area contributed by atoms with Crippen molar-refractivity contribution in [3.63, 3.8) is 0 Å². The lowest BCUT2D eigenvalue weighted by atomic mass is 10.1. The van der Waals surface area contributed by atoms with Gasteiger partial charge in [-0.15, -0.1) is 0 Å². The summed E-state index contributed by atoms with van der Waals surface area (Å²) in [7, 11) is 0. The van der Waals surface area contributed by atoms with Gasteiger partial charge in [-0.25, -0.2) is 0 Å². The molecule has 0 aliphatic heterocycles. The summed E-state index contributed by atoms with van der Waals surface area (Å²) in [5.41, 5.74) is 0.422. The second-order valence-electron chi connectivity index (χ2n) is 6.02. The molecule has 0 aliphatic rings. The average Bonchev–Trinajstić information content (AvgIpc) is 2.69. The van der Waals surface area contributed by atoms with Crippen molar-refractivity contribution in [3.8, 4) is 0 Å². The van der Waals surface area contributed by atoms with E-state index in [4.69, 9.17) is 0 Å². The number of hydrogen-bond donors (Lipinski definition) is 1. The molecule has 3 aromatic rings. The van der Waals surface area contributed by atoms with Crippen LogP contribution in [-0.2, 0) is 6.18 Å². The Morgan fingerprint density at radius 2 is 1.71 bits per heavy atom. The summed E-state index contributed by atoms with van der Waals surface area (Å²) in [5.74, 6) is -0.283. The van der Waals surface area contributed by atoms with E-state index in [1.165, 1.54) is 36.7 Å². The van der Waals surface area contributed by atoms with E-state index in [0.29, 0.717) is 12.2 Å². The zero-order chi connectivity index (χ0) is 20.1. The molecule has 0 unspecified atom stereocenters. The third-order valence-corrected chi connectivity index (χ3v) is 4.13. The molecule has 0 fully saturated rings. The van der Waals surface area contributed by atoms with Gasteiger partial charge in [0.2, 0.25) is 0 Å². The van der Waals surface area contributed by atoms with Gasteiger partial charge in [0.05, 0.1) is 28.7 Å². The summed E-state index contributed by atoms with van der Waals surface area (Å²) < 4.78 is 39.5. The van der Waals surface area contributed by atoms with Gasteiger partial charge in [-0.05, 0) is 37.3 Å². The molecule has 4 nitrogen and oxygen atoms in total. The van der Waals surface area contributed by atoms with Gasteiger partial charge >= 0.3 is 6.18 Å². The van der Waals surface area contributed by atoms with Gasteiger partial charge < -0.3 is 10.2 Å². The topological polar surface area (TPSA) is 45.2 Å². The molecule has 3 rings (SSSR count). The van der Waals surface area contributed by atoms with Crippen LogP contribution in [0.15, 0.2) is 73.1 Å². The van der Waals surface area contributed by atoms with Crippen molar-refractivity contribution in [1.29, 1.82) is 0 Å². The third-order valence-electron chi connectivity index (χ3n) is 4.13. The average molecular weight is 385 g/mol. The molecular formula is C21H18F3N3O. The molecule has 2 aromatic carbocycles. The number of carbonyl (C=O) groups is 1. The molecule has 1 aromatic heterocycles. The highest BCUT2D eigenvalue weighted by Gasteiger charge is 2.33. The Labute approximate surface area is 160 Å². The summed E-state index contributed by atoms with van der Waals surface area (Å²) in [6.07, 6.45) is -1.71. The molecule has 1 N–H and O–H groups in total. The van der Waals surface area contributed by atoms with Crippen LogP contribution in [0.4, 0.5) is 30.2 Å². The minimum absolute atomic E-state index is 0.100. The van der Waals surface area contributed by atoms with E-state index in [9.17, 15) is 18.0 Å². The van der Waals surface area contributed by atoms with Gasteiger partial charge in [-0.3, -0.25) is 9.78 Å². The van der Waals surface area contributed by atoms with E-state index < -0.39 is 11.7 Å². The maximum absolute atomic E-state index is 13.2. The quantitative estimate of drug-likeness (QED) is 0.630. The SMILES string of the molecule is CCN(C(=O)c1cncc(Nc2ccccc2C(F)(F)F)c1)c1ccccc1. The predicted octanol–water partition coefficient (Wildman–Crippen LogP) is 5.51. The highest BCUT2D eigenvalue weighted by molar-refractivity contribution is 6.06. The van der Waals surface area contributed by atoms with Crippen LogP contribution in [-0.4, -0.2) is 17.4 Å². The summed E-state index contributed by atoms with van der Waals surface area (Å²) in [5, 5.41) is 2.72. The van der Waals surface area contributed by atoms with Crippen molar-refractivity contribution < 1.29 is 18.0 Å². The number of pyridine rings is 1. The predicted molar refractivity (Wildman–Crippen MR) is 103 cm³/mol. The van der Waals surface area contributed by atoms with Gasteiger partial charge in [0, 0.05) is 18.4 Å². The second kappa shape index (κ2) is 8.12. The van der Waals surface area contributed by atoms with Crippen LogP contribution >= 0.6 is 0 Å². The Morgan fingerprint density at radius 3 is 2.39 bits per heavy atom. The fraction of sp³-hybridized carbons (Fsp3) is 0.143. The minimum atomic E-state index is -4.49. The van der Waals surface area contributed by atoms with E-state index in [2.05, 4.69) is 10.3 Å². The first-order chi connectivity index (χ1) is 13.4. The molecule has 0 atom stereocenters. The smallest absolute Gasteiger partial charge is 0.354 e. The number of hydrogen-bond acceptors (Lipinski definition) is 3. The monoisotopic (exact) mass is 385 g/mol. The maximum atomic E-state index is 13.2. The number of alkyl halides is 3. The second-order valence-corrected chi connectivity index (χ2v) is 6.02. The number of para-hydroxylation sites is 2. The molecule has 1 heterocycles.